The molecule has 1 saturated heterocycles. The van der Waals surface area contributed by atoms with E-state index in [1.165, 1.54) is 43.5 Å². The van der Waals surface area contributed by atoms with Crippen LogP contribution in [0, 0.1) is 0 Å². The Balaban J connectivity index is 1.94. The van der Waals surface area contributed by atoms with Gasteiger partial charge in [0.1, 0.15) is 0 Å². The quantitative estimate of drug-likeness (QED) is 0.864. The third-order valence-corrected chi connectivity index (χ3v) is 3.77. The minimum Gasteiger partial charge on any atom is -0.326 e. The molecule has 1 fully saturated rings. The van der Waals surface area contributed by atoms with E-state index in [4.69, 9.17) is 5.73 Å². The molecule has 0 radical (unpaired) electrons. The predicted octanol–water partition coefficient (Wildman–Crippen LogP) is 2.56. The SMILES string of the molecule is CC(Cc1cccc(CN)c1)N1CCCCC1. The van der Waals surface area contributed by atoms with Gasteiger partial charge >= 0.3 is 0 Å². The fraction of sp³-hybridized carbons (Fsp3) is 0.600. The standard InChI is InChI=1S/C15H24N2/c1-13(17-8-3-2-4-9-17)10-14-6-5-7-15(11-14)12-16/h5-7,11,13H,2-4,8-10,12,16H2,1H3. The Morgan fingerprint density at radius 2 is 1.88 bits per heavy atom. The van der Waals surface area contributed by atoms with Crippen molar-refractivity contribution in [3.63, 3.8) is 0 Å². The van der Waals surface area contributed by atoms with Gasteiger partial charge in [0.2, 0.25) is 0 Å². The van der Waals surface area contributed by atoms with Gasteiger partial charge in [0.15, 0.2) is 0 Å². The van der Waals surface area contributed by atoms with Crippen LogP contribution in [0.4, 0.5) is 0 Å². The molecule has 17 heavy (non-hydrogen) atoms. The highest BCUT2D eigenvalue weighted by atomic mass is 15.1. The van der Waals surface area contributed by atoms with Crippen molar-refractivity contribution in [2.75, 3.05) is 13.1 Å². The van der Waals surface area contributed by atoms with Gasteiger partial charge in [-0.15, -0.1) is 0 Å². The number of nitrogens with two attached hydrogens (primary N) is 1. The van der Waals surface area contributed by atoms with E-state index in [1.54, 1.807) is 0 Å². The van der Waals surface area contributed by atoms with Crippen LogP contribution in [-0.2, 0) is 13.0 Å². The number of likely N-dealkylation sites (tertiary alicyclic amines) is 1. The maximum atomic E-state index is 5.68. The molecule has 2 N–H and O–H groups in total. The van der Waals surface area contributed by atoms with Gasteiger partial charge in [0.25, 0.3) is 0 Å². The number of rotatable bonds is 4. The molecule has 94 valence electrons. The van der Waals surface area contributed by atoms with Gasteiger partial charge in [0.05, 0.1) is 0 Å². The fourth-order valence-electron chi connectivity index (χ4n) is 2.71. The molecule has 0 amide bonds. The maximum absolute atomic E-state index is 5.68. The lowest BCUT2D eigenvalue weighted by molar-refractivity contribution is 0.173. The lowest BCUT2D eigenvalue weighted by Crippen LogP contribution is -2.38. The van der Waals surface area contributed by atoms with Crippen molar-refractivity contribution >= 4 is 0 Å². The van der Waals surface area contributed by atoms with Crippen LogP contribution >= 0.6 is 0 Å². The number of piperidine rings is 1. The Bertz CT molecular complexity index is 343. The first-order chi connectivity index (χ1) is 8.29. The summed E-state index contributed by atoms with van der Waals surface area (Å²) < 4.78 is 0. The van der Waals surface area contributed by atoms with E-state index < -0.39 is 0 Å². The predicted molar refractivity (Wildman–Crippen MR) is 72.9 cm³/mol. The van der Waals surface area contributed by atoms with Crippen LogP contribution in [-0.4, -0.2) is 24.0 Å². The van der Waals surface area contributed by atoms with Crippen LogP contribution in [0.25, 0.3) is 0 Å². The monoisotopic (exact) mass is 232 g/mol. The van der Waals surface area contributed by atoms with Gasteiger partial charge < -0.3 is 10.6 Å². The van der Waals surface area contributed by atoms with Gasteiger partial charge in [0, 0.05) is 12.6 Å². The van der Waals surface area contributed by atoms with Crippen LogP contribution in [0.3, 0.4) is 0 Å². The van der Waals surface area contributed by atoms with Gasteiger partial charge in [-0.2, -0.15) is 0 Å². The molecule has 1 aliphatic heterocycles. The lowest BCUT2D eigenvalue weighted by Gasteiger charge is -2.32. The van der Waals surface area contributed by atoms with Crippen molar-refractivity contribution < 1.29 is 0 Å². The van der Waals surface area contributed by atoms with E-state index in [0.29, 0.717) is 12.6 Å². The normalized spacial score (nSPS) is 19.2. The van der Waals surface area contributed by atoms with Gasteiger partial charge in [-0.3, -0.25) is 0 Å². The lowest BCUT2D eigenvalue weighted by atomic mass is 10.0. The first kappa shape index (κ1) is 12.6. The highest BCUT2D eigenvalue weighted by Gasteiger charge is 2.16. The van der Waals surface area contributed by atoms with Crippen LogP contribution in [0.2, 0.25) is 0 Å². The summed E-state index contributed by atoms with van der Waals surface area (Å²) in [6.07, 6.45) is 5.29. The van der Waals surface area contributed by atoms with Crippen LogP contribution in [0.5, 0.6) is 0 Å². The first-order valence-electron chi connectivity index (χ1n) is 6.81. The summed E-state index contributed by atoms with van der Waals surface area (Å²) in [6, 6.07) is 9.36. The second kappa shape index (κ2) is 6.18. The van der Waals surface area contributed by atoms with E-state index >= 15 is 0 Å². The van der Waals surface area contributed by atoms with Gasteiger partial charge in [-0.25, -0.2) is 0 Å². The fourth-order valence-corrected chi connectivity index (χ4v) is 2.71. The Morgan fingerprint density at radius 1 is 1.18 bits per heavy atom. The van der Waals surface area contributed by atoms with Crippen LogP contribution < -0.4 is 5.73 Å². The smallest absolute Gasteiger partial charge is 0.0178 e. The van der Waals surface area contributed by atoms with Gasteiger partial charge in [-0.05, 0) is 50.4 Å². The van der Waals surface area contributed by atoms with Crippen LogP contribution in [0.1, 0.15) is 37.3 Å². The molecule has 2 nitrogen and oxygen atoms in total. The third kappa shape index (κ3) is 3.55. The molecule has 0 spiro atoms. The highest BCUT2D eigenvalue weighted by Crippen LogP contribution is 2.16. The molecule has 0 saturated carbocycles. The molecular formula is C15H24N2. The zero-order valence-corrected chi connectivity index (χ0v) is 10.9. The largest absolute Gasteiger partial charge is 0.326 e. The summed E-state index contributed by atoms with van der Waals surface area (Å²) in [5.74, 6) is 0. The Hall–Kier alpha value is -0.860. The number of benzene rings is 1. The van der Waals surface area contributed by atoms with Crippen molar-refractivity contribution in [2.24, 2.45) is 5.73 Å². The minimum absolute atomic E-state index is 0.645. The molecule has 0 bridgehead atoms. The molecule has 2 rings (SSSR count). The molecule has 1 atom stereocenters. The molecule has 1 unspecified atom stereocenters. The summed E-state index contributed by atoms with van der Waals surface area (Å²) in [7, 11) is 0. The summed E-state index contributed by atoms with van der Waals surface area (Å²) >= 11 is 0. The zero-order chi connectivity index (χ0) is 12.1. The Labute approximate surface area is 105 Å². The van der Waals surface area contributed by atoms with E-state index in [1.807, 2.05) is 0 Å². The van der Waals surface area contributed by atoms with Crippen molar-refractivity contribution in [3.05, 3.63) is 35.4 Å². The summed E-state index contributed by atoms with van der Waals surface area (Å²) in [5.41, 5.74) is 8.35. The first-order valence-corrected chi connectivity index (χ1v) is 6.81. The average Bonchev–Trinajstić information content (AvgIpc) is 2.40. The second-order valence-electron chi connectivity index (χ2n) is 5.17. The number of hydrogen-bond acceptors (Lipinski definition) is 2. The third-order valence-electron chi connectivity index (χ3n) is 3.77. The molecule has 0 aromatic heterocycles. The molecule has 2 heteroatoms. The minimum atomic E-state index is 0.645. The molecule has 1 aromatic rings. The summed E-state index contributed by atoms with van der Waals surface area (Å²) in [5, 5.41) is 0. The van der Waals surface area contributed by atoms with Crippen molar-refractivity contribution in [1.82, 2.24) is 4.90 Å². The maximum Gasteiger partial charge on any atom is 0.0178 e. The molecule has 1 aromatic carbocycles. The highest BCUT2D eigenvalue weighted by molar-refractivity contribution is 5.24. The number of nitrogens with zero attached hydrogens (tertiary/aromatic N) is 1. The zero-order valence-electron chi connectivity index (χ0n) is 10.9. The van der Waals surface area contributed by atoms with Gasteiger partial charge in [-0.1, -0.05) is 30.7 Å². The van der Waals surface area contributed by atoms with Crippen molar-refractivity contribution in [1.29, 1.82) is 0 Å². The topological polar surface area (TPSA) is 29.3 Å². The molecule has 0 aliphatic carbocycles. The molecule has 1 heterocycles. The molecule has 1 aliphatic rings. The average molecular weight is 232 g/mol. The second-order valence-corrected chi connectivity index (χ2v) is 5.17. The van der Waals surface area contributed by atoms with E-state index in [9.17, 15) is 0 Å². The van der Waals surface area contributed by atoms with E-state index in [0.717, 1.165) is 6.42 Å². The number of hydrogen-bond donors (Lipinski definition) is 1. The summed E-state index contributed by atoms with van der Waals surface area (Å²) in [4.78, 5) is 2.62. The van der Waals surface area contributed by atoms with Crippen LogP contribution in [0.15, 0.2) is 24.3 Å². The Morgan fingerprint density at radius 3 is 2.59 bits per heavy atom. The molecular weight excluding hydrogens is 208 g/mol. The summed E-state index contributed by atoms with van der Waals surface area (Å²) in [6.45, 7) is 5.54. The van der Waals surface area contributed by atoms with E-state index in [-0.39, 0.29) is 0 Å². The van der Waals surface area contributed by atoms with Crippen molar-refractivity contribution in [2.45, 2.75) is 45.2 Å². The van der Waals surface area contributed by atoms with E-state index in [2.05, 4.69) is 36.1 Å². The Kier molecular flexibility index (Phi) is 4.57. The van der Waals surface area contributed by atoms with Crippen molar-refractivity contribution in [3.8, 4) is 0 Å².